The molecule has 0 spiro atoms. The van der Waals surface area contributed by atoms with Crippen molar-refractivity contribution in [2.24, 2.45) is 20.7 Å². The molecule has 1 aliphatic heterocycles. The Morgan fingerprint density at radius 2 is 2.14 bits per heavy atom. The number of nitrogens with one attached hydrogen (secondary N) is 1. The lowest BCUT2D eigenvalue weighted by atomic mass is 10.2. The summed E-state index contributed by atoms with van der Waals surface area (Å²) in [5.74, 6) is 1.22. The van der Waals surface area contributed by atoms with E-state index in [9.17, 15) is 4.79 Å². The molecule has 0 unspecified atom stereocenters. The van der Waals surface area contributed by atoms with Crippen LogP contribution in [-0.2, 0) is 4.79 Å². The molecule has 0 bridgehead atoms. The molecular formula is C17H19N7O2S2. The Morgan fingerprint density at radius 3 is 2.82 bits per heavy atom. The fourth-order valence-electron chi connectivity index (χ4n) is 2.24. The first kappa shape index (κ1) is 20.0. The maximum Gasteiger partial charge on any atom is 0.232 e. The van der Waals surface area contributed by atoms with Crippen LogP contribution in [0.1, 0.15) is 18.4 Å². The first-order valence-electron chi connectivity index (χ1n) is 8.46. The van der Waals surface area contributed by atoms with Gasteiger partial charge in [0.1, 0.15) is 10.8 Å². The Hall–Kier alpha value is -2.79. The summed E-state index contributed by atoms with van der Waals surface area (Å²) in [7, 11) is 0. The van der Waals surface area contributed by atoms with E-state index in [1.54, 1.807) is 24.3 Å². The summed E-state index contributed by atoms with van der Waals surface area (Å²) in [4.78, 5) is 24.6. The van der Waals surface area contributed by atoms with Crippen LogP contribution >= 0.6 is 23.1 Å². The molecule has 0 atom stereocenters. The maximum absolute atomic E-state index is 11.9. The number of thioether (sulfide) groups is 1. The molecule has 9 nitrogen and oxygen atoms in total. The highest BCUT2D eigenvalue weighted by atomic mass is 32.2. The van der Waals surface area contributed by atoms with E-state index in [-0.39, 0.29) is 24.2 Å². The fourth-order valence-corrected chi connectivity index (χ4v) is 3.98. The van der Waals surface area contributed by atoms with Crippen LogP contribution in [0, 0.1) is 6.92 Å². The van der Waals surface area contributed by atoms with Gasteiger partial charge in [0.05, 0.1) is 18.7 Å². The number of ether oxygens (including phenoxy) is 1. The number of aryl methyl sites for hydroxylation is 1. The molecule has 1 aromatic carbocycles. The Kier molecular flexibility index (Phi) is 6.71. The molecule has 0 aliphatic carbocycles. The number of benzene rings is 1. The largest absolute Gasteiger partial charge is 0.494 e. The number of amides is 1. The summed E-state index contributed by atoms with van der Waals surface area (Å²) >= 11 is 2.99. The minimum atomic E-state index is -0.188. The van der Waals surface area contributed by atoms with Crippen molar-refractivity contribution in [1.82, 2.24) is 15.5 Å². The summed E-state index contributed by atoms with van der Waals surface area (Å²) in [6.45, 7) is 4.40. The van der Waals surface area contributed by atoms with Crippen molar-refractivity contribution in [2.75, 3.05) is 12.4 Å². The number of aliphatic imine (C=N–C) groups is 3. The zero-order valence-corrected chi connectivity index (χ0v) is 17.0. The van der Waals surface area contributed by atoms with Gasteiger partial charge in [-0.3, -0.25) is 10.1 Å². The molecule has 1 amide bonds. The van der Waals surface area contributed by atoms with Gasteiger partial charge in [-0.1, -0.05) is 23.1 Å². The van der Waals surface area contributed by atoms with Gasteiger partial charge in [0.15, 0.2) is 4.34 Å². The first-order chi connectivity index (χ1) is 13.5. The second-order valence-corrected chi connectivity index (χ2v) is 8.02. The number of nitrogens with zero attached hydrogens (tertiary/aromatic N) is 5. The lowest BCUT2D eigenvalue weighted by molar-refractivity contribution is -0.118. The highest BCUT2D eigenvalue weighted by Gasteiger charge is 2.18. The molecule has 1 aromatic heterocycles. The Bertz CT molecular complexity index is 935. The minimum Gasteiger partial charge on any atom is -0.494 e. The number of rotatable bonds is 6. The zero-order chi connectivity index (χ0) is 19.9. The number of guanidine groups is 2. The molecule has 0 fully saturated rings. The molecule has 11 heteroatoms. The van der Waals surface area contributed by atoms with Gasteiger partial charge in [0.25, 0.3) is 0 Å². The number of hydrogen-bond donors (Lipinski definition) is 2. The molecule has 2 heterocycles. The van der Waals surface area contributed by atoms with Crippen LogP contribution in [0.4, 0.5) is 5.69 Å². The van der Waals surface area contributed by atoms with E-state index >= 15 is 0 Å². The molecule has 0 saturated heterocycles. The number of nitrogens with two attached hydrogens (primary N) is 1. The molecule has 3 rings (SSSR count). The lowest BCUT2D eigenvalue weighted by Gasteiger charge is -2.13. The van der Waals surface area contributed by atoms with E-state index in [1.807, 2.05) is 13.8 Å². The van der Waals surface area contributed by atoms with Crippen molar-refractivity contribution in [2.45, 2.75) is 24.6 Å². The smallest absolute Gasteiger partial charge is 0.232 e. The summed E-state index contributed by atoms with van der Waals surface area (Å²) < 4.78 is 6.22. The Balaban J connectivity index is 1.68. The van der Waals surface area contributed by atoms with Crippen LogP contribution in [-0.4, -0.2) is 46.1 Å². The molecule has 1 aliphatic rings. The third-order valence-electron chi connectivity index (χ3n) is 3.36. The van der Waals surface area contributed by atoms with Gasteiger partial charge in [-0.2, -0.15) is 4.99 Å². The topological polar surface area (TPSA) is 127 Å². The molecule has 28 heavy (non-hydrogen) atoms. The van der Waals surface area contributed by atoms with Crippen molar-refractivity contribution >= 4 is 52.3 Å². The predicted molar refractivity (Wildman–Crippen MR) is 112 cm³/mol. The van der Waals surface area contributed by atoms with Crippen molar-refractivity contribution in [3.05, 3.63) is 29.3 Å². The van der Waals surface area contributed by atoms with Crippen LogP contribution in [0.15, 0.2) is 43.6 Å². The SMILES string of the molecule is CCOc1ccc(N=C(N)N=C2N=C(CSc3nnc(C)s3)CC(=O)N2)cc1. The summed E-state index contributed by atoms with van der Waals surface area (Å²) in [6, 6.07) is 7.14. The van der Waals surface area contributed by atoms with Gasteiger partial charge in [-0.25, -0.2) is 9.98 Å². The lowest BCUT2D eigenvalue weighted by Crippen LogP contribution is -2.37. The fraction of sp³-hybridized carbons (Fsp3) is 0.294. The molecule has 0 radical (unpaired) electrons. The van der Waals surface area contributed by atoms with Gasteiger partial charge in [-0.15, -0.1) is 10.2 Å². The van der Waals surface area contributed by atoms with Crippen molar-refractivity contribution in [3.63, 3.8) is 0 Å². The van der Waals surface area contributed by atoms with Gasteiger partial charge < -0.3 is 10.5 Å². The van der Waals surface area contributed by atoms with Gasteiger partial charge in [-0.05, 0) is 38.1 Å². The van der Waals surface area contributed by atoms with E-state index in [1.165, 1.54) is 23.1 Å². The molecular weight excluding hydrogens is 398 g/mol. The summed E-state index contributed by atoms with van der Waals surface area (Å²) in [5.41, 5.74) is 7.19. The summed E-state index contributed by atoms with van der Waals surface area (Å²) in [5, 5.41) is 11.5. The van der Waals surface area contributed by atoms with Crippen LogP contribution in [0.2, 0.25) is 0 Å². The van der Waals surface area contributed by atoms with E-state index in [0.717, 1.165) is 15.1 Å². The average molecular weight is 418 g/mol. The Morgan fingerprint density at radius 1 is 1.36 bits per heavy atom. The normalized spacial score (nSPS) is 16.1. The highest BCUT2D eigenvalue weighted by molar-refractivity contribution is 8.01. The molecule has 2 aromatic rings. The van der Waals surface area contributed by atoms with Crippen LogP contribution in [0.3, 0.4) is 0 Å². The van der Waals surface area contributed by atoms with Crippen molar-refractivity contribution in [3.8, 4) is 5.75 Å². The van der Waals surface area contributed by atoms with E-state index in [4.69, 9.17) is 10.5 Å². The van der Waals surface area contributed by atoms with Gasteiger partial charge >= 0.3 is 0 Å². The standard InChI is InChI=1S/C17H19N7O2S2/c1-3-26-13-6-4-11(5-7-13)19-15(18)22-16-20-12(8-14(25)21-16)9-27-17-24-23-10(2)28-17/h4-7H,3,8-9H2,1-2H3,(H3,18,19,21,22,25). The van der Waals surface area contributed by atoms with Crippen molar-refractivity contribution < 1.29 is 9.53 Å². The molecule has 0 saturated carbocycles. The predicted octanol–water partition coefficient (Wildman–Crippen LogP) is 2.30. The van der Waals surface area contributed by atoms with Crippen LogP contribution in [0.5, 0.6) is 5.75 Å². The number of aromatic nitrogens is 2. The first-order valence-corrected chi connectivity index (χ1v) is 10.3. The number of carbonyl (C=O) groups is 1. The number of hydrogen-bond acceptors (Lipinski definition) is 7. The van der Waals surface area contributed by atoms with Gasteiger partial charge in [0, 0.05) is 11.5 Å². The van der Waals surface area contributed by atoms with E-state index in [2.05, 4.69) is 30.5 Å². The van der Waals surface area contributed by atoms with E-state index in [0.29, 0.717) is 23.8 Å². The zero-order valence-electron chi connectivity index (χ0n) is 15.4. The van der Waals surface area contributed by atoms with E-state index < -0.39 is 0 Å². The minimum absolute atomic E-state index is 0.00291. The molecule has 146 valence electrons. The average Bonchev–Trinajstić information content (AvgIpc) is 3.07. The third-order valence-corrected chi connectivity index (χ3v) is 5.40. The Labute approximate surface area is 170 Å². The van der Waals surface area contributed by atoms with Crippen LogP contribution < -0.4 is 15.8 Å². The highest BCUT2D eigenvalue weighted by Crippen LogP contribution is 2.22. The second-order valence-electron chi connectivity index (χ2n) is 5.61. The maximum atomic E-state index is 11.9. The number of carbonyl (C=O) groups excluding carboxylic acids is 1. The van der Waals surface area contributed by atoms with Gasteiger partial charge in [0.2, 0.25) is 17.8 Å². The quantitative estimate of drug-likeness (QED) is 0.422. The van der Waals surface area contributed by atoms with Crippen molar-refractivity contribution in [1.29, 1.82) is 0 Å². The van der Waals surface area contributed by atoms with Crippen LogP contribution in [0.25, 0.3) is 0 Å². The third kappa shape index (κ3) is 5.86. The second kappa shape index (κ2) is 9.42. The monoisotopic (exact) mass is 417 g/mol. The summed E-state index contributed by atoms with van der Waals surface area (Å²) in [6.07, 6.45) is 0.208. The molecule has 3 N–H and O–H groups in total.